The highest BCUT2D eigenvalue weighted by atomic mass is 16.3. The highest BCUT2D eigenvalue weighted by molar-refractivity contribution is 5.88. The predicted molar refractivity (Wildman–Crippen MR) is 58.2 cm³/mol. The van der Waals surface area contributed by atoms with Gasteiger partial charge in [0.25, 0.3) is 0 Å². The minimum atomic E-state index is -0.715. The van der Waals surface area contributed by atoms with Gasteiger partial charge in [0.15, 0.2) is 0 Å². The molecule has 0 bridgehead atoms. The van der Waals surface area contributed by atoms with E-state index in [1.165, 1.54) is 0 Å². The van der Waals surface area contributed by atoms with Gasteiger partial charge in [-0.15, -0.1) is 0 Å². The zero-order valence-electron chi connectivity index (χ0n) is 9.41. The molecule has 0 saturated heterocycles. The molecule has 2 aliphatic rings. The molecule has 4 nitrogen and oxygen atoms in total. The van der Waals surface area contributed by atoms with Crippen molar-refractivity contribution < 1.29 is 9.90 Å². The van der Waals surface area contributed by atoms with E-state index in [9.17, 15) is 4.79 Å². The number of amides is 1. The summed E-state index contributed by atoms with van der Waals surface area (Å²) in [4.78, 5) is 11.7. The van der Waals surface area contributed by atoms with Crippen LogP contribution < -0.4 is 5.32 Å². The Bertz CT molecular complexity index is 317. The van der Waals surface area contributed by atoms with Gasteiger partial charge in [-0.25, -0.2) is 0 Å². The molecule has 88 valence electrons. The van der Waals surface area contributed by atoms with Crippen LogP contribution in [0, 0.1) is 28.6 Å². The van der Waals surface area contributed by atoms with Crippen LogP contribution in [0.1, 0.15) is 32.1 Å². The van der Waals surface area contributed by atoms with Crippen LogP contribution in [0.25, 0.3) is 0 Å². The van der Waals surface area contributed by atoms with E-state index >= 15 is 0 Å². The number of hydrogen-bond acceptors (Lipinski definition) is 3. The van der Waals surface area contributed by atoms with Gasteiger partial charge >= 0.3 is 0 Å². The lowest BCUT2D eigenvalue weighted by Gasteiger charge is -2.18. The molecule has 0 spiro atoms. The molecule has 2 saturated carbocycles. The molecule has 2 unspecified atom stereocenters. The third-order valence-electron chi connectivity index (χ3n) is 3.97. The van der Waals surface area contributed by atoms with E-state index in [1.54, 1.807) is 0 Å². The van der Waals surface area contributed by atoms with Crippen molar-refractivity contribution in [2.75, 3.05) is 13.2 Å². The van der Waals surface area contributed by atoms with Gasteiger partial charge in [0.1, 0.15) is 5.41 Å². The van der Waals surface area contributed by atoms with Gasteiger partial charge in [-0.1, -0.05) is 6.42 Å². The Morgan fingerprint density at radius 1 is 1.44 bits per heavy atom. The molecule has 2 rings (SSSR count). The normalized spacial score (nSPS) is 30.8. The van der Waals surface area contributed by atoms with E-state index in [0.717, 1.165) is 19.3 Å². The Kier molecular flexibility index (Phi) is 3.15. The number of carbonyl (C=O) groups excluding carboxylic acids is 1. The lowest BCUT2D eigenvalue weighted by molar-refractivity contribution is -0.124. The number of aliphatic hydroxyl groups excluding tert-OH is 1. The molecule has 4 heteroatoms. The van der Waals surface area contributed by atoms with E-state index in [4.69, 9.17) is 10.4 Å². The summed E-state index contributed by atoms with van der Waals surface area (Å²) in [6.07, 6.45) is 4.66. The number of rotatable bonds is 4. The number of nitrogens with zero attached hydrogens (tertiary/aromatic N) is 1. The summed E-state index contributed by atoms with van der Waals surface area (Å²) in [5, 5.41) is 20.9. The molecule has 2 aliphatic carbocycles. The second-order valence-electron chi connectivity index (χ2n) is 5.04. The van der Waals surface area contributed by atoms with Gasteiger partial charge in [0.05, 0.1) is 6.07 Å². The molecule has 0 radical (unpaired) electrons. The van der Waals surface area contributed by atoms with Crippen molar-refractivity contribution in [3.8, 4) is 6.07 Å². The third kappa shape index (κ3) is 2.05. The van der Waals surface area contributed by atoms with Crippen LogP contribution in [0.2, 0.25) is 0 Å². The minimum Gasteiger partial charge on any atom is -0.396 e. The summed E-state index contributed by atoms with van der Waals surface area (Å²) in [6, 6.07) is 2.09. The fourth-order valence-electron chi connectivity index (χ4n) is 2.53. The first-order chi connectivity index (χ1) is 7.72. The van der Waals surface area contributed by atoms with E-state index < -0.39 is 5.41 Å². The zero-order chi connectivity index (χ0) is 11.6. The van der Waals surface area contributed by atoms with Crippen molar-refractivity contribution in [2.24, 2.45) is 17.3 Å². The summed E-state index contributed by atoms with van der Waals surface area (Å²) < 4.78 is 0. The largest absolute Gasteiger partial charge is 0.396 e. The second-order valence-corrected chi connectivity index (χ2v) is 5.04. The number of carbonyl (C=O) groups is 1. The summed E-state index contributed by atoms with van der Waals surface area (Å²) >= 11 is 0. The average Bonchev–Trinajstić information content (AvgIpc) is 2.98. The molecule has 0 heterocycles. The fourth-order valence-corrected chi connectivity index (χ4v) is 2.53. The lowest BCUT2D eigenvalue weighted by Crippen LogP contribution is -2.36. The fraction of sp³-hybridized carbons (Fsp3) is 0.833. The van der Waals surface area contributed by atoms with Crippen LogP contribution in [0.3, 0.4) is 0 Å². The standard InChI is InChI=1S/C12H18N2O2/c13-8-12(4-5-12)11(16)14-6-9-2-1-3-10(9)7-15/h9-10,15H,1-7H2,(H,14,16). The summed E-state index contributed by atoms with van der Waals surface area (Å²) in [5.74, 6) is 0.611. The monoisotopic (exact) mass is 222 g/mol. The van der Waals surface area contributed by atoms with Crippen molar-refractivity contribution in [2.45, 2.75) is 32.1 Å². The van der Waals surface area contributed by atoms with Gasteiger partial charge in [0.2, 0.25) is 5.91 Å². The Balaban J connectivity index is 1.79. The minimum absolute atomic E-state index is 0.112. The predicted octanol–water partition coefficient (Wildman–Crippen LogP) is 0.815. The maximum absolute atomic E-state index is 11.7. The summed E-state index contributed by atoms with van der Waals surface area (Å²) in [7, 11) is 0. The van der Waals surface area contributed by atoms with E-state index in [0.29, 0.717) is 31.2 Å². The molecule has 0 aromatic heterocycles. The maximum Gasteiger partial charge on any atom is 0.240 e. The first-order valence-corrected chi connectivity index (χ1v) is 6.02. The van der Waals surface area contributed by atoms with Crippen LogP contribution in [0.15, 0.2) is 0 Å². The number of hydrogen-bond donors (Lipinski definition) is 2. The van der Waals surface area contributed by atoms with Crippen LogP contribution in [-0.4, -0.2) is 24.2 Å². The van der Waals surface area contributed by atoms with E-state index in [2.05, 4.69) is 11.4 Å². The molecular weight excluding hydrogens is 204 g/mol. The second kappa shape index (κ2) is 4.42. The quantitative estimate of drug-likeness (QED) is 0.739. The van der Waals surface area contributed by atoms with Crippen molar-refractivity contribution >= 4 is 5.91 Å². The first kappa shape index (κ1) is 11.4. The highest BCUT2D eigenvalue weighted by Gasteiger charge is 2.50. The summed E-state index contributed by atoms with van der Waals surface area (Å²) in [6.45, 7) is 0.831. The molecule has 2 fully saturated rings. The highest BCUT2D eigenvalue weighted by Crippen LogP contribution is 2.45. The SMILES string of the molecule is N#CC1(C(=O)NCC2CCCC2CO)CC1. The maximum atomic E-state index is 11.7. The molecule has 2 atom stereocenters. The van der Waals surface area contributed by atoms with E-state index in [1.807, 2.05) is 0 Å². The van der Waals surface area contributed by atoms with Gasteiger partial charge < -0.3 is 10.4 Å². The van der Waals surface area contributed by atoms with Crippen LogP contribution in [0.4, 0.5) is 0 Å². The zero-order valence-corrected chi connectivity index (χ0v) is 9.41. The molecule has 16 heavy (non-hydrogen) atoms. The van der Waals surface area contributed by atoms with Gasteiger partial charge in [-0.2, -0.15) is 5.26 Å². The Morgan fingerprint density at radius 2 is 2.12 bits per heavy atom. The van der Waals surface area contributed by atoms with Crippen molar-refractivity contribution in [3.63, 3.8) is 0 Å². The van der Waals surface area contributed by atoms with Gasteiger partial charge in [0, 0.05) is 13.2 Å². The van der Waals surface area contributed by atoms with Crippen molar-refractivity contribution in [3.05, 3.63) is 0 Å². The van der Waals surface area contributed by atoms with Crippen molar-refractivity contribution in [1.29, 1.82) is 5.26 Å². The molecule has 0 aromatic carbocycles. The molecule has 1 amide bonds. The molecule has 2 N–H and O–H groups in total. The van der Waals surface area contributed by atoms with Crippen LogP contribution in [0.5, 0.6) is 0 Å². The van der Waals surface area contributed by atoms with E-state index in [-0.39, 0.29) is 12.5 Å². The molecule has 0 aromatic rings. The Hall–Kier alpha value is -1.08. The Labute approximate surface area is 95.6 Å². The Morgan fingerprint density at radius 3 is 2.69 bits per heavy atom. The molecular formula is C12H18N2O2. The number of nitriles is 1. The number of nitrogens with one attached hydrogen (secondary N) is 1. The molecule has 0 aliphatic heterocycles. The van der Waals surface area contributed by atoms with Crippen LogP contribution in [-0.2, 0) is 4.79 Å². The van der Waals surface area contributed by atoms with Crippen LogP contribution >= 0.6 is 0 Å². The van der Waals surface area contributed by atoms with Crippen molar-refractivity contribution in [1.82, 2.24) is 5.32 Å². The topological polar surface area (TPSA) is 73.1 Å². The summed E-state index contributed by atoms with van der Waals surface area (Å²) in [5.41, 5.74) is -0.715. The third-order valence-corrected chi connectivity index (χ3v) is 3.97. The average molecular weight is 222 g/mol. The number of aliphatic hydroxyl groups is 1. The van der Waals surface area contributed by atoms with Gasteiger partial charge in [-0.05, 0) is 37.5 Å². The first-order valence-electron chi connectivity index (χ1n) is 6.02. The smallest absolute Gasteiger partial charge is 0.240 e. The lowest BCUT2D eigenvalue weighted by atomic mass is 9.96. The van der Waals surface area contributed by atoms with Gasteiger partial charge in [-0.3, -0.25) is 4.79 Å².